The molecule has 1 saturated heterocycles. The average molecular weight is 361 g/mol. The van der Waals surface area contributed by atoms with Gasteiger partial charge in [-0.15, -0.1) is 0 Å². The molecule has 2 rings (SSSR count). The Bertz CT molecular complexity index is 557. The second-order valence-corrected chi connectivity index (χ2v) is 6.72. The molecule has 1 aliphatic rings. The van der Waals surface area contributed by atoms with E-state index in [0.29, 0.717) is 52.1 Å². The smallest absolute Gasteiger partial charge is 0.224 e. The molecule has 1 aliphatic heterocycles. The van der Waals surface area contributed by atoms with Crippen LogP contribution in [0.15, 0.2) is 30.3 Å². The summed E-state index contributed by atoms with van der Waals surface area (Å²) in [6, 6.07) is 9.40. The molecule has 0 bridgehead atoms. The van der Waals surface area contributed by atoms with Gasteiger partial charge in [0.05, 0.1) is 0 Å². The predicted octanol–water partition coefficient (Wildman–Crippen LogP) is 1.86. The van der Waals surface area contributed by atoms with Crippen LogP contribution in [0.25, 0.3) is 0 Å². The number of hydrogen-bond donors (Lipinski definition) is 2. The van der Waals surface area contributed by atoms with Gasteiger partial charge in [-0.2, -0.15) is 0 Å². The van der Waals surface area contributed by atoms with Crippen LogP contribution in [0.4, 0.5) is 0 Å². The average Bonchev–Trinajstić information content (AvgIpc) is 2.68. The Morgan fingerprint density at radius 1 is 1.27 bits per heavy atom. The van der Waals surface area contributed by atoms with Gasteiger partial charge < -0.3 is 20.7 Å². The first-order valence-electron chi connectivity index (χ1n) is 9.55. The Balaban J connectivity index is 1.68. The molecule has 6 nitrogen and oxygen atoms in total. The summed E-state index contributed by atoms with van der Waals surface area (Å²) in [4.78, 5) is 26.5. The topological polar surface area (TPSA) is 84.7 Å². The van der Waals surface area contributed by atoms with Crippen LogP contribution in [-0.4, -0.2) is 49.6 Å². The summed E-state index contributed by atoms with van der Waals surface area (Å²) in [5.41, 5.74) is 7.12. The minimum Gasteiger partial charge on any atom is -0.382 e. The number of likely N-dealkylation sites (tertiary alicyclic amines) is 1. The molecule has 0 aliphatic carbocycles. The number of hydrogen-bond acceptors (Lipinski definition) is 4. The lowest BCUT2D eigenvalue weighted by molar-refractivity contribution is -0.136. The number of nitrogens with one attached hydrogen (secondary N) is 1. The number of nitrogens with zero attached hydrogens (tertiary/aromatic N) is 1. The molecule has 3 N–H and O–H groups in total. The van der Waals surface area contributed by atoms with Crippen LogP contribution in [0.1, 0.15) is 44.2 Å². The van der Waals surface area contributed by atoms with Gasteiger partial charge in [-0.3, -0.25) is 9.59 Å². The zero-order chi connectivity index (χ0) is 18.8. The van der Waals surface area contributed by atoms with Crippen molar-refractivity contribution in [2.24, 2.45) is 11.7 Å². The number of ether oxygens (including phenoxy) is 1. The largest absolute Gasteiger partial charge is 0.382 e. The third-order valence-corrected chi connectivity index (χ3v) is 4.81. The van der Waals surface area contributed by atoms with Crippen LogP contribution < -0.4 is 11.1 Å². The zero-order valence-electron chi connectivity index (χ0n) is 15.7. The van der Waals surface area contributed by atoms with E-state index in [0.717, 1.165) is 12.0 Å². The van der Waals surface area contributed by atoms with Gasteiger partial charge in [-0.25, -0.2) is 0 Å². The van der Waals surface area contributed by atoms with E-state index in [1.165, 1.54) is 0 Å². The minimum atomic E-state index is -0.282. The molecule has 0 radical (unpaired) electrons. The molecule has 2 amide bonds. The molecule has 0 spiro atoms. The number of amides is 2. The fourth-order valence-corrected chi connectivity index (χ4v) is 3.20. The summed E-state index contributed by atoms with van der Waals surface area (Å²) in [6.45, 7) is 5.22. The lowest BCUT2D eigenvalue weighted by Crippen LogP contribution is -2.43. The number of piperidine rings is 1. The highest BCUT2D eigenvalue weighted by molar-refractivity contribution is 5.80. The van der Waals surface area contributed by atoms with E-state index in [-0.39, 0.29) is 23.8 Å². The molecular formula is C20H31N3O3. The Labute approximate surface area is 156 Å². The highest BCUT2D eigenvalue weighted by Gasteiger charge is 2.27. The molecule has 1 unspecified atom stereocenters. The summed E-state index contributed by atoms with van der Waals surface area (Å²) in [5.74, 6) is 0.153. The highest BCUT2D eigenvalue weighted by atomic mass is 16.5. The monoisotopic (exact) mass is 361 g/mol. The van der Waals surface area contributed by atoms with Crippen LogP contribution in [0.3, 0.4) is 0 Å². The molecule has 26 heavy (non-hydrogen) atoms. The number of rotatable bonds is 9. The molecule has 0 saturated carbocycles. The van der Waals surface area contributed by atoms with Gasteiger partial charge in [0.1, 0.15) is 0 Å². The molecular weight excluding hydrogens is 330 g/mol. The summed E-state index contributed by atoms with van der Waals surface area (Å²) < 4.78 is 5.26. The molecule has 6 heteroatoms. The van der Waals surface area contributed by atoms with E-state index in [4.69, 9.17) is 10.5 Å². The van der Waals surface area contributed by atoms with Crippen molar-refractivity contribution in [1.29, 1.82) is 0 Å². The second kappa shape index (κ2) is 10.9. The highest BCUT2D eigenvalue weighted by Crippen LogP contribution is 2.20. The van der Waals surface area contributed by atoms with Gasteiger partial charge in [0.15, 0.2) is 0 Å². The molecule has 1 aromatic rings. The molecule has 1 heterocycles. The maximum Gasteiger partial charge on any atom is 0.224 e. The number of carbonyl (C=O) groups is 2. The lowest BCUT2D eigenvalue weighted by atomic mass is 9.95. The zero-order valence-corrected chi connectivity index (χ0v) is 15.7. The van der Waals surface area contributed by atoms with Gasteiger partial charge in [0, 0.05) is 51.2 Å². The Hall–Kier alpha value is -1.92. The minimum absolute atomic E-state index is 0.00561. The summed E-state index contributed by atoms with van der Waals surface area (Å²) in [7, 11) is 0. The quantitative estimate of drug-likeness (QED) is 0.658. The third kappa shape index (κ3) is 6.42. The molecule has 1 aromatic carbocycles. The van der Waals surface area contributed by atoms with E-state index in [1.54, 1.807) is 0 Å². The van der Waals surface area contributed by atoms with Crippen molar-refractivity contribution >= 4 is 11.8 Å². The van der Waals surface area contributed by atoms with Gasteiger partial charge in [-0.05, 0) is 31.7 Å². The number of nitrogens with two attached hydrogens (primary N) is 1. The molecule has 1 fully saturated rings. The van der Waals surface area contributed by atoms with Crippen molar-refractivity contribution in [3.05, 3.63) is 35.9 Å². The van der Waals surface area contributed by atoms with Crippen molar-refractivity contribution in [2.45, 2.75) is 38.6 Å². The maximum atomic E-state index is 12.5. The van der Waals surface area contributed by atoms with Crippen LogP contribution in [-0.2, 0) is 14.3 Å². The van der Waals surface area contributed by atoms with E-state index in [9.17, 15) is 9.59 Å². The summed E-state index contributed by atoms with van der Waals surface area (Å²) in [6.07, 6.45) is 2.56. The third-order valence-electron chi connectivity index (χ3n) is 4.81. The maximum absolute atomic E-state index is 12.5. The van der Waals surface area contributed by atoms with Gasteiger partial charge >= 0.3 is 0 Å². The van der Waals surface area contributed by atoms with Crippen LogP contribution in [0.2, 0.25) is 0 Å². The molecule has 144 valence electrons. The first-order chi connectivity index (χ1) is 12.6. The lowest BCUT2D eigenvalue weighted by Gasteiger charge is -2.32. The van der Waals surface area contributed by atoms with Gasteiger partial charge in [-0.1, -0.05) is 30.3 Å². The predicted molar refractivity (Wildman–Crippen MR) is 101 cm³/mol. The summed E-state index contributed by atoms with van der Waals surface area (Å²) >= 11 is 0. The van der Waals surface area contributed by atoms with Crippen molar-refractivity contribution < 1.29 is 14.3 Å². The second-order valence-electron chi connectivity index (χ2n) is 6.72. The van der Waals surface area contributed by atoms with Crippen molar-refractivity contribution in [3.63, 3.8) is 0 Å². The Morgan fingerprint density at radius 2 is 1.96 bits per heavy atom. The normalized spacial score (nSPS) is 16.3. The van der Waals surface area contributed by atoms with Gasteiger partial charge in [0.25, 0.3) is 0 Å². The van der Waals surface area contributed by atoms with Crippen molar-refractivity contribution in [1.82, 2.24) is 10.2 Å². The van der Waals surface area contributed by atoms with E-state index in [1.807, 2.05) is 42.2 Å². The number of carbonyl (C=O) groups excluding carboxylic acids is 2. The Kier molecular flexibility index (Phi) is 8.58. The Morgan fingerprint density at radius 3 is 2.62 bits per heavy atom. The van der Waals surface area contributed by atoms with E-state index >= 15 is 0 Å². The fourth-order valence-electron chi connectivity index (χ4n) is 3.20. The summed E-state index contributed by atoms with van der Waals surface area (Å²) in [5, 5.41) is 2.97. The van der Waals surface area contributed by atoms with Crippen molar-refractivity contribution in [2.75, 3.05) is 32.8 Å². The van der Waals surface area contributed by atoms with E-state index in [2.05, 4.69) is 5.32 Å². The SMILES string of the molecule is CCOCCCNC(=O)C1CCN(C(=O)CC(N)c2ccccc2)CC1. The van der Waals surface area contributed by atoms with Crippen molar-refractivity contribution in [3.8, 4) is 0 Å². The molecule has 0 aromatic heterocycles. The first kappa shape index (κ1) is 20.4. The number of benzene rings is 1. The van der Waals surface area contributed by atoms with Gasteiger partial charge in [0.2, 0.25) is 11.8 Å². The van der Waals surface area contributed by atoms with Crippen LogP contribution in [0, 0.1) is 5.92 Å². The molecule has 1 atom stereocenters. The van der Waals surface area contributed by atoms with E-state index < -0.39 is 0 Å². The first-order valence-corrected chi connectivity index (χ1v) is 9.55. The fraction of sp³-hybridized carbons (Fsp3) is 0.600. The van der Waals surface area contributed by atoms with Crippen LogP contribution in [0.5, 0.6) is 0 Å². The van der Waals surface area contributed by atoms with Crippen LogP contribution >= 0.6 is 0 Å². The standard InChI is InChI=1S/C20H31N3O3/c1-2-26-14-6-11-22-20(25)17-9-12-23(13-10-17)19(24)15-18(21)16-7-4-3-5-8-16/h3-5,7-8,17-18H,2,6,9-15,21H2,1H3,(H,22,25).